The molecule has 0 amide bonds. The second-order valence-electron chi connectivity index (χ2n) is 3.13. The quantitative estimate of drug-likeness (QED) is 0.597. The van der Waals surface area contributed by atoms with Gasteiger partial charge in [-0.2, -0.15) is 13.2 Å². The molecule has 0 bridgehead atoms. The van der Waals surface area contributed by atoms with Crippen LogP contribution in [0.4, 0.5) is 18.9 Å². The average Bonchev–Trinajstić information content (AvgIpc) is 2.14. The van der Waals surface area contributed by atoms with E-state index in [2.05, 4.69) is 4.74 Å². The molecule has 0 heterocycles. The van der Waals surface area contributed by atoms with Crippen molar-refractivity contribution < 1.29 is 22.8 Å². The Morgan fingerprint density at radius 3 is 2.56 bits per heavy atom. The molecule has 0 aliphatic heterocycles. The molecule has 0 aliphatic carbocycles. The molecule has 4 nitrogen and oxygen atoms in total. The first-order valence-corrected chi connectivity index (χ1v) is 4.24. The standard InChI is InChI=1S/C9H8F3NO3/c1-6-2-3-8(7(4-6)13(14)15)16-5-9(10,11)12/h2-4H,5H2,1H3. The fourth-order valence-electron chi connectivity index (χ4n) is 1.05. The molecule has 0 spiro atoms. The van der Waals surface area contributed by atoms with Crippen LogP contribution in [0.3, 0.4) is 0 Å². The lowest BCUT2D eigenvalue weighted by atomic mass is 10.2. The van der Waals surface area contributed by atoms with E-state index in [-0.39, 0.29) is 5.75 Å². The molecule has 0 unspecified atom stereocenters. The van der Waals surface area contributed by atoms with Gasteiger partial charge < -0.3 is 4.74 Å². The number of aryl methyl sites for hydroxylation is 1. The van der Waals surface area contributed by atoms with Crippen LogP contribution in [0.2, 0.25) is 0 Å². The molecule has 0 fully saturated rings. The van der Waals surface area contributed by atoms with Gasteiger partial charge in [0.2, 0.25) is 0 Å². The van der Waals surface area contributed by atoms with E-state index >= 15 is 0 Å². The highest BCUT2D eigenvalue weighted by molar-refractivity contribution is 5.48. The van der Waals surface area contributed by atoms with Crippen LogP contribution in [-0.4, -0.2) is 17.7 Å². The summed E-state index contributed by atoms with van der Waals surface area (Å²) < 4.78 is 39.9. The summed E-state index contributed by atoms with van der Waals surface area (Å²) in [6.45, 7) is 0.0530. The minimum atomic E-state index is -4.52. The molecule has 0 aliphatic rings. The SMILES string of the molecule is Cc1ccc(OCC(F)(F)F)c([N+](=O)[O-])c1. The van der Waals surface area contributed by atoms with E-state index in [4.69, 9.17) is 0 Å². The summed E-state index contributed by atoms with van der Waals surface area (Å²) >= 11 is 0. The predicted octanol–water partition coefficient (Wildman–Crippen LogP) is 2.84. The lowest BCUT2D eigenvalue weighted by Crippen LogP contribution is -2.19. The first-order chi connectivity index (χ1) is 7.29. The molecule has 0 atom stereocenters. The van der Waals surface area contributed by atoms with Crippen molar-refractivity contribution in [2.75, 3.05) is 6.61 Å². The van der Waals surface area contributed by atoms with Crippen molar-refractivity contribution in [2.24, 2.45) is 0 Å². The van der Waals surface area contributed by atoms with Gasteiger partial charge in [0.25, 0.3) is 0 Å². The highest BCUT2D eigenvalue weighted by Crippen LogP contribution is 2.29. The Morgan fingerprint density at radius 2 is 2.06 bits per heavy atom. The molecule has 0 N–H and O–H groups in total. The van der Waals surface area contributed by atoms with Crippen molar-refractivity contribution in [3.05, 3.63) is 33.9 Å². The van der Waals surface area contributed by atoms with Crippen LogP contribution >= 0.6 is 0 Å². The minimum absolute atomic E-state index is 0.382. The lowest BCUT2D eigenvalue weighted by molar-refractivity contribution is -0.386. The van der Waals surface area contributed by atoms with Crippen LogP contribution in [0.1, 0.15) is 5.56 Å². The highest BCUT2D eigenvalue weighted by atomic mass is 19.4. The molecule has 0 saturated carbocycles. The van der Waals surface area contributed by atoms with Crippen molar-refractivity contribution in [3.63, 3.8) is 0 Å². The number of alkyl halides is 3. The molecule has 1 rings (SSSR count). The number of benzene rings is 1. The van der Waals surface area contributed by atoms with Crippen LogP contribution in [-0.2, 0) is 0 Å². The minimum Gasteiger partial charge on any atom is -0.477 e. The highest BCUT2D eigenvalue weighted by Gasteiger charge is 2.29. The van der Waals surface area contributed by atoms with Crippen molar-refractivity contribution in [3.8, 4) is 5.75 Å². The van der Waals surface area contributed by atoms with E-state index in [1.807, 2.05) is 0 Å². The van der Waals surface area contributed by atoms with Gasteiger partial charge in [0.15, 0.2) is 12.4 Å². The normalized spacial score (nSPS) is 11.2. The van der Waals surface area contributed by atoms with E-state index in [1.54, 1.807) is 6.92 Å². The number of nitrogens with zero attached hydrogens (tertiary/aromatic N) is 1. The van der Waals surface area contributed by atoms with Crippen molar-refractivity contribution in [2.45, 2.75) is 13.1 Å². The van der Waals surface area contributed by atoms with Crippen molar-refractivity contribution in [1.82, 2.24) is 0 Å². The van der Waals surface area contributed by atoms with Gasteiger partial charge in [0, 0.05) is 6.07 Å². The van der Waals surface area contributed by atoms with E-state index in [9.17, 15) is 23.3 Å². The molecular formula is C9H8F3NO3. The summed E-state index contributed by atoms with van der Waals surface area (Å²) in [5.41, 5.74) is 0.107. The van der Waals surface area contributed by atoms with Crippen molar-refractivity contribution in [1.29, 1.82) is 0 Å². The van der Waals surface area contributed by atoms with Gasteiger partial charge in [-0.25, -0.2) is 0 Å². The maximum absolute atomic E-state index is 11.9. The number of ether oxygens (including phenoxy) is 1. The summed E-state index contributed by atoms with van der Waals surface area (Å²) in [6.07, 6.45) is -4.52. The molecule has 88 valence electrons. The smallest absolute Gasteiger partial charge is 0.422 e. The van der Waals surface area contributed by atoms with Gasteiger partial charge in [-0.05, 0) is 18.6 Å². The Kier molecular flexibility index (Phi) is 3.36. The van der Waals surface area contributed by atoms with E-state index < -0.39 is 23.4 Å². The van der Waals surface area contributed by atoms with Crippen LogP contribution in [0.25, 0.3) is 0 Å². The Balaban J connectivity index is 2.91. The van der Waals surface area contributed by atoms with E-state index in [0.29, 0.717) is 5.56 Å². The topological polar surface area (TPSA) is 52.4 Å². The molecule has 1 aromatic carbocycles. The number of rotatable bonds is 3. The third-order valence-electron chi connectivity index (χ3n) is 1.70. The third kappa shape index (κ3) is 3.41. The van der Waals surface area contributed by atoms with Crippen LogP contribution in [0.5, 0.6) is 5.75 Å². The molecule has 0 radical (unpaired) electrons. The molecule has 16 heavy (non-hydrogen) atoms. The maximum atomic E-state index is 11.9. The summed E-state index contributed by atoms with van der Waals surface area (Å²) in [4.78, 5) is 9.76. The number of nitro groups is 1. The van der Waals surface area contributed by atoms with Crippen LogP contribution in [0.15, 0.2) is 18.2 Å². The zero-order valence-electron chi connectivity index (χ0n) is 8.25. The molecule has 7 heteroatoms. The van der Waals surface area contributed by atoms with Gasteiger partial charge in [-0.1, -0.05) is 6.07 Å². The second kappa shape index (κ2) is 4.38. The molecule has 1 aromatic rings. The largest absolute Gasteiger partial charge is 0.477 e. The van der Waals surface area contributed by atoms with Gasteiger partial charge >= 0.3 is 11.9 Å². The fourth-order valence-corrected chi connectivity index (χ4v) is 1.05. The number of hydrogen-bond acceptors (Lipinski definition) is 3. The van der Waals surface area contributed by atoms with Gasteiger partial charge in [-0.3, -0.25) is 10.1 Å². The van der Waals surface area contributed by atoms with E-state index in [0.717, 1.165) is 12.1 Å². The fraction of sp³-hybridized carbons (Fsp3) is 0.333. The Hall–Kier alpha value is -1.79. The molecule has 0 aromatic heterocycles. The zero-order chi connectivity index (χ0) is 12.3. The van der Waals surface area contributed by atoms with Crippen molar-refractivity contribution >= 4 is 5.69 Å². The third-order valence-corrected chi connectivity index (χ3v) is 1.70. The molecule has 0 saturated heterocycles. The van der Waals surface area contributed by atoms with Gasteiger partial charge in [0.1, 0.15) is 0 Å². The Labute approximate surface area is 88.8 Å². The monoisotopic (exact) mass is 235 g/mol. The predicted molar refractivity (Wildman–Crippen MR) is 49.4 cm³/mol. The van der Waals surface area contributed by atoms with Crippen LogP contribution in [0, 0.1) is 17.0 Å². The maximum Gasteiger partial charge on any atom is 0.422 e. The molecular weight excluding hydrogens is 227 g/mol. The Bertz CT molecular complexity index is 403. The zero-order valence-corrected chi connectivity index (χ0v) is 8.25. The summed E-state index contributed by atoms with van der Waals surface area (Å²) in [7, 11) is 0. The average molecular weight is 235 g/mol. The van der Waals surface area contributed by atoms with Gasteiger partial charge in [0.05, 0.1) is 4.92 Å². The van der Waals surface area contributed by atoms with Gasteiger partial charge in [-0.15, -0.1) is 0 Å². The number of hydrogen-bond donors (Lipinski definition) is 0. The van der Waals surface area contributed by atoms with Crippen LogP contribution < -0.4 is 4.74 Å². The summed E-state index contributed by atoms with van der Waals surface area (Å²) in [5.74, 6) is -0.382. The first kappa shape index (κ1) is 12.3. The lowest BCUT2D eigenvalue weighted by Gasteiger charge is -2.09. The van der Waals surface area contributed by atoms with E-state index in [1.165, 1.54) is 6.07 Å². The summed E-state index contributed by atoms with van der Waals surface area (Å²) in [5, 5.41) is 10.5. The number of nitro benzene ring substituents is 1. The Morgan fingerprint density at radius 1 is 1.44 bits per heavy atom. The number of halogens is 3. The summed E-state index contributed by atoms with van der Waals surface area (Å²) in [6, 6.07) is 3.75. The first-order valence-electron chi connectivity index (χ1n) is 4.24. The second-order valence-corrected chi connectivity index (χ2v) is 3.13.